The largest absolute Gasteiger partial charge is 0.493 e. The zero-order chi connectivity index (χ0) is 14.5. The summed E-state index contributed by atoms with van der Waals surface area (Å²) in [5.74, 6) is 2.04. The van der Waals surface area contributed by atoms with E-state index in [1.54, 1.807) is 0 Å². The molecule has 0 radical (unpaired) electrons. The second-order valence-electron chi connectivity index (χ2n) is 4.79. The Morgan fingerprint density at radius 1 is 1.00 bits per heavy atom. The van der Waals surface area contributed by atoms with Crippen LogP contribution in [-0.2, 0) is 6.54 Å². The maximum atomic E-state index is 5.69. The third-order valence-corrected chi connectivity index (χ3v) is 4.41. The number of nitrogens with zero attached hydrogens (tertiary/aromatic N) is 1. The van der Waals surface area contributed by atoms with Gasteiger partial charge >= 0.3 is 0 Å². The van der Waals surface area contributed by atoms with Crippen LogP contribution in [0.1, 0.15) is 6.92 Å². The zero-order valence-electron chi connectivity index (χ0n) is 12.2. The Bertz CT molecular complexity index is 706. The van der Waals surface area contributed by atoms with Gasteiger partial charge in [0, 0.05) is 28.8 Å². The van der Waals surface area contributed by atoms with Gasteiger partial charge in [0.25, 0.3) is 0 Å². The highest BCUT2D eigenvalue weighted by Crippen LogP contribution is 2.27. The highest BCUT2D eigenvalue weighted by molar-refractivity contribution is 7.99. The fraction of sp³-hybridized carbons (Fsp3) is 0.222. The van der Waals surface area contributed by atoms with Crippen molar-refractivity contribution in [3.05, 3.63) is 60.8 Å². The van der Waals surface area contributed by atoms with Crippen molar-refractivity contribution in [3.8, 4) is 5.75 Å². The van der Waals surface area contributed by atoms with E-state index in [9.17, 15) is 0 Å². The van der Waals surface area contributed by atoms with Gasteiger partial charge in [-0.1, -0.05) is 24.3 Å². The van der Waals surface area contributed by atoms with Crippen molar-refractivity contribution >= 4 is 22.7 Å². The topological polar surface area (TPSA) is 14.2 Å². The number of thioether (sulfide) groups is 1. The lowest BCUT2D eigenvalue weighted by Gasteiger charge is -2.08. The number of ether oxygens (including phenoxy) is 1. The molecule has 0 saturated heterocycles. The van der Waals surface area contributed by atoms with Crippen molar-refractivity contribution in [3.63, 3.8) is 0 Å². The number of benzene rings is 2. The molecule has 0 unspecified atom stereocenters. The number of aromatic nitrogens is 1. The maximum absolute atomic E-state index is 5.69. The third-order valence-electron chi connectivity index (χ3n) is 3.42. The Morgan fingerprint density at radius 3 is 2.67 bits per heavy atom. The van der Waals surface area contributed by atoms with E-state index in [-0.39, 0.29) is 0 Å². The molecular weight excluding hydrogens is 278 g/mol. The van der Waals surface area contributed by atoms with Crippen molar-refractivity contribution in [2.24, 2.45) is 0 Å². The first kappa shape index (κ1) is 14.1. The molecule has 0 N–H and O–H groups in total. The van der Waals surface area contributed by atoms with Crippen LogP contribution in [0.2, 0.25) is 0 Å². The molecule has 0 fully saturated rings. The predicted molar refractivity (Wildman–Crippen MR) is 90.3 cm³/mol. The quantitative estimate of drug-likeness (QED) is 0.605. The molecule has 1 aromatic heterocycles. The standard InChI is InChI=1S/C18H19NOS/c1-2-20-18-10-6-9-17-16(18)11-12-19(17)13-14-21-15-7-4-3-5-8-15/h3-12H,2,13-14H2,1H3. The van der Waals surface area contributed by atoms with Gasteiger partial charge in [0.05, 0.1) is 12.1 Å². The van der Waals surface area contributed by atoms with Crippen molar-refractivity contribution in [1.29, 1.82) is 0 Å². The molecule has 0 amide bonds. The lowest BCUT2D eigenvalue weighted by atomic mass is 10.2. The van der Waals surface area contributed by atoms with Gasteiger partial charge in [-0.3, -0.25) is 0 Å². The Labute approximate surface area is 129 Å². The fourth-order valence-corrected chi connectivity index (χ4v) is 3.32. The average Bonchev–Trinajstić information content (AvgIpc) is 2.93. The Kier molecular flexibility index (Phi) is 4.51. The van der Waals surface area contributed by atoms with Crippen LogP contribution in [0.4, 0.5) is 0 Å². The van der Waals surface area contributed by atoms with Gasteiger partial charge in [0.15, 0.2) is 0 Å². The van der Waals surface area contributed by atoms with Crippen LogP contribution < -0.4 is 4.74 Å². The summed E-state index contributed by atoms with van der Waals surface area (Å²) in [5.41, 5.74) is 1.25. The van der Waals surface area contributed by atoms with E-state index in [4.69, 9.17) is 4.74 Å². The van der Waals surface area contributed by atoms with Gasteiger partial charge in [-0.25, -0.2) is 0 Å². The van der Waals surface area contributed by atoms with Crippen molar-refractivity contribution in [2.75, 3.05) is 12.4 Å². The van der Waals surface area contributed by atoms with Crippen LogP contribution in [0.15, 0.2) is 65.7 Å². The summed E-state index contributed by atoms with van der Waals surface area (Å²) < 4.78 is 7.99. The first-order chi connectivity index (χ1) is 10.4. The number of hydrogen-bond donors (Lipinski definition) is 0. The lowest BCUT2D eigenvalue weighted by Crippen LogP contribution is -1.98. The van der Waals surface area contributed by atoms with Crippen LogP contribution in [0.3, 0.4) is 0 Å². The van der Waals surface area contributed by atoms with Gasteiger partial charge in [0.1, 0.15) is 5.75 Å². The maximum Gasteiger partial charge on any atom is 0.128 e. The van der Waals surface area contributed by atoms with Gasteiger partial charge in [0.2, 0.25) is 0 Å². The summed E-state index contributed by atoms with van der Waals surface area (Å²) in [6, 6.07) is 18.9. The predicted octanol–water partition coefficient (Wildman–Crippen LogP) is 4.83. The molecule has 0 bridgehead atoms. The molecule has 2 aromatic carbocycles. The molecule has 0 aliphatic carbocycles. The van der Waals surface area contributed by atoms with E-state index in [0.717, 1.165) is 18.0 Å². The van der Waals surface area contributed by atoms with Crippen molar-refractivity contribution in [2.45, 2.75) is 18.4 Å². The van der Waals surface area contributed by atoms with Gasteiger partial charge in [-0.05, 0) is 37.3 Å². The second kappa shape index (κ2) is 6.72. The minimum absolute atomic E-state index is 0.703. The lowest BCUT2D eigenvalue weighted by molar-refractivity contribution is 0.344. The van der Waals surface area contributed by atoms with Crippen LogP contribution in [0, 0.1) is 0 Å². The summed E-state index contributed by atoms with van der Waals surface area (Å²) in [6.07, 6.45) is 2.15. The molecule has 3 rings (SSSR count). The van der Waals surface area contributed by atoms with E-state index in [0.29, 0.717) is 6.61 Å². The molecule has 3 heteroatoms. The highest BCUT2D eigenvalue weighted by Gasteiger charge is 2.06. The van der Waals surface area contributed by atoms with E-state index in [1.165, 1.54) is 15.8 Å². The van der Waals surface area contributed by atoms with Crippen molar-refractivity contribution < 1.29 is 4.74 Å². The number of fused-ring (bicyclic) bond motifs is 1. The van der Waals surface area contributed by atoms with Crippen molar-refractivity contribution in [1.82, 2.24) is 4.57 Å². The van der Waals surface area contributed by atoms with Gasteiger partial charge in [-0.2, -0.15) is 0 Å². The summed E-state index contributed by atoms with van der Waals surface area (Å²) in [5, 5.41) is 1.20. The molecule has 21 heavy (non-hydrogen) atoms. The molecule has 0 atom stereocenters. The fourth-order valence-electron chi connectivity index (χ4n) is 2.45. The van der Waals surface area contributed by atoms with E-state index < -0.39 is 0 Å². The normalized spacial score (nSPS) is 10.9. The van der Waals surface area contributed by atoms with Gasteiger partial charge < -0.3 is 9.30 Å². The zero-order valence-corrected chi connectivity index (χ0v) is 13.0. The first-order valence-corrected chi connectivity index (χ1v) is 8.25. The van der Waals surface area contributed by atoms with Crippen LogP contribution in [-0.4, -0.2) is 16.9 Å². The second-order valence-corrected chi connectivity index (χ2v) is 5.96. The smallest absolute Gasteiger partial charge is 0.128 e. The highest BCUT2D eigenvalue weighted by atomic mass is 32.2. The van der Waals surface area contributed by atoms with E-state index in [1.807, 2.05) is 24.8 Å². The molecular formula is C18H19NOS. The molecule has 0 saturated carbocycles. The Morgan fingerprint density at radius 2 is 1.86 bits per heavy atom. The summed E-state index contributed by atoms with van der Waals surface area (Å²) >= 11 is 1.89. The minimum atomic E-state index is 0.703. The Hall–Kier alpha value is -1.87. The summed E-state index contributed by atoms with van der Waals surface area (Å²) in [6.45, 7) is 3.72. The Balaban J connectivity index is 1.71. The SMILES string of the molecule is CCOc1cccc2c1ccn2CCSc1ccccc1. The number of aryl methyl sites for hydroxylation is 1. The van der Waals surface area contributed by atoms with Crippen LogP contribution >= 0.6 is 11.8 Å². The van der Waals surface area contributed by atoms with Crippen LogP contribution in [0.5, 0.6) is 5.75 Å². The summed E-state index contributed by atoms with van der Waals surface area (Å²) in [4.78, 5) is 1.32. The average molecular weight is 297 g/mol. The number of hydrogen-bond acceptors (Lipinski definition) is 2. The molecule has 1 heterocycles. The monoisotopic (exact) mass is 297 g/mol. The molecule has 108 valence electrons. The van der Waals surface area contributed by atoms with E-state index in [2.05, 4.69) is 59.3 Å². The van der Waals surface area contributed by atoms with Gasteiger partial charge in [-0.15, -0.1) is 11.8 Å². The molecule has 3 aromatic rings. The number of rotatable bonds is 6. The van der Waals surface area contributed by atoms with Crippen LogP contribution in [0.25, 0.3) is 10.9 Å². The molecule has 0 aliphatic heterocycles. The minimum Gasteiger partial charge on any atom is -0.493 e. The third kappa shape index (κ3) is 3.24. The molecule has 0 aliphatic rings. The molecule has 2 nitrogen and oxygen atoms in total. The first-order valence-electron chi connectivity index (χ1n) is 7.27. The van der Waals surface area contributed by atoms with E-state index >= 15 is 0 Å². The summed E-state index contributed by atoms with van der Waals surface area (Å²) in [7, 11) is 0. The molecule has 0 spiro atoms.